The Morgan fingerprint density at radius 3 is 2.30 bits per heavy atom. The lowest BCUT2D eigenvalue weighted by Crippen LogP contribution is -2.50. The topological polar surface area (TPSA) is 19.4 Å². The van der Waals surface area contributed by atoms with Crippen molar-refractivity contribution in [2.24, 2.45) is 0 Å². The minimum absolute atomic E-state index is 0.135. The average molecular weight is 404 g/mol. The van der Waals surface area contributed by atoms with E-state index in [4.69, 9.17) is 4.98 Å². The second-order valence-corrected chi connectivity index (χ2v) is 8.86. The van der Waals surface area contributed by atoms with E-state index in [1.807, 2.05) is 12.1 Å². The van der Waals surface area contributed by atoms with Crippen LogP contribution in [-0.4, -0.2) is 47.0 Å². The summed E-state index contributed by atoms with van der Waals surface area (Å²) < 4.78 is 13.2. The van der Waals surface area contributed by atoms with E-state index in [2.05, 4.69) is 46.2 Å². The van der Waals surface area contributed by atoms with Gasteiger partial charge >= 0.3 is 0 Å². The number of benzene rings is 2. The van der Waals surface area contributed by atoms with Gasteiger partial charge in [-0.25, -0.2) is 4.39 Å². The highest BCUT2D eigenvalue weighted by Gasteiger charge is 2.29. The van der Waals surface area contributed by atoms with E-state index in [1.54, 1.807) is 12.1 Å². The molecule has 2 fully saturated rings. The standard InChI is InChI=1S/C26H30FN3/c27-23-10-5-20(6-11-23)21-8-13-25(14-9-21)30-17-15-29(16-18-30)19-24-12-7-22-3-1-2-4-26(22)28-24/h1-7,10-12,21,25H,8-9,13-19H2. The molecule has 156 valence electrons. The highest BCUT2D eigenvalue weighted by atomic mass is 19.1. The molecule has 0 unspecified atom stereocenters. The van der Waals surface area contributed by atoms with Crippen molar-refractivity contribution in [2.75, 3.05) is 26.2 Å². The number of piperazine rings is 1. The van der Waals surface area contributed by atoms with Gasteiger partial charge in [-0.15, -0.1) is 0 Å². The molecule has 30 heavy (non-hydrogen) atoms. The molecular formula is C26H30FN3. The third-order valence-corrected chi connectivity index (χ3v) is 7.00. The Bertz CT molecular complexity index is 971. The fourth-order valence-electron chi connectivity index (χ4n) is 5.22. The molecule has 0 radical (unpaired) electrons. The van der Waals surface area contributed by atoms with Crippen LogP contribution in [0.25, 0.3) is 10.9 Å². The van der Waals surface area contributed by atoms with Crippen molar-refractivity contribution in [3.8, 4) is 0 Å². The monoisotopic (exact) mass is 403 g/mol. The summed E-state index contributed by atoms with van der Waals surface area (Å²) in [5.41, 5.74) is 3.57. The highest BCUT2D eigenvalue weighted by Crippen LogP contribution is 2.35. The van der Waals surface area contributed by atoms with Gasteiger partial charge in [-0.1, -0.05) is 36.4 Å². The first kappa shape index (κ1) is 19.7. The van der Waals surface area contributed by atoms with Crippen LogP contribution in [0.4, 0.5) is 4.39 Å². The summed E-state index contributed by atoms with van der Waals surface area (Å²) in [6.07, 6.45) is 4.96. The molecule has 1 aromatic heterocycles. The Morgan fingerprint density at radius 2 is 1.53 bits per heavy atom. The highest BCUT2D eigenvalue weighted by molar-refractivity contribution is 5.78. The van der Waals surface area contributed by atoms with Crippen molar-refractivity contribution in [3.63, 3.8) is 0 Å². The van der Waals surface area contributed by atoms with Crippen LogP contribution < -0.4 is 0 Å². The van der Waals surface area contributed by atoms with Crippen molar-refractivity contribution < 1.29 is 4.39 Å². The van der Waals surface area contributed by atoms with E-state index in [-0.39, 0.29) is 5.82 Å². The molecule has 1 saturated carbocycles. The van der Waals surface area contributed by atoms with Crippen LogP contribution in [0.2, 0.25) is 0 Å². The number of pyridine rings is 1. The van der Waals surface area contributed by atoms with E-state index in [0.29, 0.717) is 12.0 Å². The van der Waals surface area contributed by atoms with E-state index < -0.39 is 0 Å². The van der Waals surface area contributed by atoms with Gasteiger partial charge in [0.15, 0.2) is 0 Å². The summed E-state index contributed by atoms with van der Waals surface area (Å²) in [5.74, 6) is 0.464. The number of para-hydroxylation sites is 1. The number of halogens is 1. The summed E-state index contributed by atoms with van der Waals surface area (Å²) in [5, 5.41) is 1.21. The smallest absolute Gasteiger partial charge is 0.123 e. The fraction of sp³-hybridized carbons (Fsp3) is 0.423. The van der Waals surface area contributed by atoms with Crippen molar-refractivity contribution in [1.82, 2.24) is 14.8 Å². The Morgan fingerprint density at radius 1 is 0.800 bits per heavy atom. The lowest BCUT2D eigenvalue weighted by Gasteiger charge is -2.42. The molecule has 2 aromatic carbocycles. The maximum absolute atomic E-state index is 13.2. The van der Waals surface area contributed by atoms with Crippen LogP contribution in [0.15, 0.2) is 60.7 Å². The van der Waals surface area contributed by atoms with Gasteiger partial charge in [0.2, 0.25) is 0 Å². The number of rotatable bonds is 4. The van der Waals surface area contributed by atoms with Crippen LogP contribution in [0, 0.1) is 5.82 Å². The summed E-state index contributed by atoms with van der Waals surface area (Å²) in [6, 6.07) is 20.6. The second-order valence-electron chi connectivity index (χ2n) is 8.86. The molecule has 1 aliphatic heterocycles. The van der Waals surface area contributed by atoms with Crippen molar-refractivity contribution in [3.05, 3.63) is 77.7 Å². The predicted octanol–water partition coefficient (Wildman–Crippen LogP) is 5.22. The summed E-state index contributed by atoms with van der Waals surface area (Å²) in [4.78, 5) is 10.1. The number of hydrogen-bond acceptors (Lipinski definition) is 3. The number of hydrogen-bond donors (Lipinski definition) is 0. The SMILES string of the molecule is Fc1ccc(C2CCC(N3CCN(Cc4ccc5ccccc5n4)CC3)CC2)cc1. The summed E-state index contributed by atoms with van der Waals surface area (Å²) >= 11 is 0. The fourth-order valence-corrected chi connectivity index (χ4v) is 5.22. The molecule has 0 bridgehead atoms. The lowest BCUT2D eigenvalue weighted by atomic mass is 9.81. The number of aromatic nitrogens is 1. The molecule has 0 N–H and O–H groups in total. The maximum Gasteiger partial charge on any atom is 0.123 e. The molecule has 4 heteroatoms. The zero-order chi connectivity index (χ0) is 20.3. The first-order valence-corrected chi connectivity index (χ1v) is 11.3. The van der Waals surface area contributed by atoms with Crippen LogP contribution in [0.3, 0.4) is 0 Å². The molecule has 5 rings (SSSR count). The zero-order valence-electron chi connectivity index (χ0n) is 17.5. The van der Waals surface area contributed by atoms with E-state index in [9.17, 15) is 4.39 Å². The number of nitrogens with zero attached hydrogens (tertiary/aromatic N) is 3. The summed E-state index contributed by atoms with van der Waals surface area (Å²) in [6.45, 7) is 5.48. The summed E-state index contributed by atoms with van der Waals surface area (Å²) in [7, 11) is 0. The first-order valence-electron chi connectivity index (χ1n) is 11.3. The van der Waals surface area contributed by atoms with Gasteiger partial charge in [-0.3, -0.25) is 14.8 Å². The van der Waals surface area contributed by atoms with Gasteiger partial charge in [-0.2, -0.15) is 0 Å². The van der Waals surface area contributed by atoms with Gasteiger partial charge in [0, 0.05) is 44.2 Å². The first-order chi connectivity index (χ1) is 14.7. The molecule has 3 nitrogen and oxygen atoms in total. The Labute approximate surface area is 178 Å². The Hall–Kier alpha value is -2.30. The van der Waals surface area contributed by atoms with E-state index >= 15 is 0 Å². The van der Waals surface area contributed by atoms with Crippen LogP contribution in [0.1, 0.15) is 42.9 Å². The lowest BCUT2D eigenvalue weighted by molar-refractivity contribution is 0.0722. The molecule has 1 saturated heterocycles. The molecule has 0 amide bonds. The molecular weight excluding hydrogens is 373 g/mol. The Balaban J connectivity index is 1.11. The van der Waals surface area contributed by atoms with Gasteiger partial charge < -0.3 is 0 Å². The van der Waals surface area contributed by atoms with Gasteiger partial charge in [0.05, 0.1) is 11.2 Å². The predicted molar refractivity (Wildman–Crippen MR) is 120 cm³/mol. The largest absolute Gasteiger partial charge is 0.298 e. The van der Waals surface area contributed by atoms with Crippen LogP contribution in [0.5, 0.6) is 0 Å². The zero-order valence-corrected chi connectivity index (χ0v) is 17.5. The molecule has 0 spiro atoms. The number of fused-ring (bicyclic) bond motifs is 1. The molecule has 1 aliphatic carbocycles. The quantitative estimate of drug-likeness (QED) is 0.596. The molecule has 0 atom stereocenters. The normalized spacial score (nSPS) is 23.6. The van der Waals surface area contributed by atoms with E-state index in [0.717, 1.165) is 38.2 Å². The Kier molecular flexibility index (Phi) is 5.78. The van der Waals surface area contributed by atoms with Crippen molar-refractivity contribution >= 4 is 10.9 Å². The minimum Gasteiger partial charge on any atom is -0.298 e. The second kappa shape index (κ2) is 8.83. The minimum atomic E-state index is -0.135. The van der Waals surface area contributed by atoms with Crippen LogP contribution >= 0.6 is 0 Å². The van der Waals surface area contributed by atoms with Crippen molar-refractivity contribution in [2.45, 2.75) is 44.2 Å². The van der Waals surface area contributed by atoms with Crippen LogP contribution in [-0.2, 0) is 6.54 Å². The van der Waals surface area contributed by atoms with Gasteiger partial charge in [0.1, 0.15) is 5.82 Å². The third kappa shape index (κ3) is 4.40. The maximum atomic E-state index is 13.2. The average Bonchev–Trinajstić information content (AvgIpc) is 2.80. The molecule has 2 aliphatic rings. The molecule has 2 heterocycles. The van der Waals surface area contributed by atoms with Gasteiger partial charge in [-0.05, 0) is 61.4 Å². The third-order valence-electron chi connectivity index (χ3n) is 7.00. The van der Waals surface area contributed by atoms with E-state index in [1.165, 1.54) is 42.3 Å². The van der Waals surface area contributed by atoms with Gasteiger partial charge in [0.25, 0.3) is 0 Å². The van der Waals surface area contributed by atoms with Crippen molar-refractivity contribution in [1.29, 1.82) is 0 Å². The molecule has 3 aromatic rings.